The van der Waals surface area contributed by atoms with Crippen LogP contribution in [0.3, 0.4) is 0 Å². The molecule has 1 aromatic carbocycles. The van der Waals surface area contributed by atoms with Crippen molar-refractivity contribution in [1.82, 2.24) is 20.4 Å². The lowest BCUT2D eigenvalue weighted by Crippen LogP contribution is -2.39. The van der Waals surface area contributed by atoms with E-state index in [1.165, 1.54) is 19.3 Å². The van der Waals surface area contributed by atoms with Crippen molar-refractivity contribution >= 4 is 28.8 Å². The van der Waals surface area contributed by atoms with E-state index in [1.807, 2.05) is 18.2 Å². The predicted molar refractivity (Wildman–Crippen MR) is 106 cm³/mol. The summed E-state index contributed by atoms with van der Waals surface area (Å²) < 4.78 is 0. The Morgan fingerprint density at radius 3 is 2.63 bits per heavy atom. The van der Waals surface area contributed by atoms with E-state index < -0.39 is 0 Å². The summed E-state index contributed by atoms with van der Waals surface area (Å²) in [7, 11) is 0. The Labute approximate surface area is 163 Å². The first-order valence-corrected chi connectivity index (χ1v) is 10.2. The first kappa shape index (κ1) is 19.4. The lowest BCUT2D eigenvalue weighted by Gasteiger charge is -2.33. The summed E-state index contributed by atoms with van der Waals surface area (Å²) in [5.74, 6) is -0.644. The number of amides is 2. The van der Waals surface area contributed by atoms with Gasteiger partial charge in [0.2, 0.25) is 10.0 Å². The van der Waals surface area contributed by atoms with E-state index in [4.69, 9.17) is 0 Å². The third-order valence-corrected chi connectivity index (χ3v) is 5.61. The largest absolute Gasteiger partial charge is 0.350 e. The van der Waals surface area contributed by atoms with Gasteiger partial charge in [-0.25, -0.2) is 0 Å². The van der Waals surface area contributed by atoms with E-state index >= 15 is 0 Å². The third-order valence-electron chi connectivity index (χ3n) is 4.69. The Hall–Kier alpha value is -2.32. The molecule has 144 valence electrons. The summed E-state index contributed by atoms with van der Waals surface area (Å²) in [4.78, 5) is 26.9. The van der Waals surface area contributed by atoms with Crippen molar-refractivity contribution in [3.05, 3.63) is 40.3 Å². The molecule has 8 heteroatoms. The first-order valence-electron chi connectivity index (χ1n) is 9.35. The predicted octanol–water partition coefficient (Wildman–Crippen LogP) is 2.78. The van der Waals surface area contributed by atoms with Crippen molar-refractivity contribution < 1.29 is 9.59 Å². The standard InChI is InChI=1S/C19H25N5O2S/c1-14-8-5-6-12-24(14)13-7-11-20-16(25)18-22-23-19(27-18)17(26)21-15-9-3-2-4-10-15/h2-4,9-10,14H,5-8,11-13H2,1H3,(H,20,25)(H,21,26)/t14-/m0/s1. The second kappa shape index (κ2) is 9.57. The van der Waals surface area contributed by atoms with Crippen molar-refractivity contribution in [3.63, 3.8) is 0 Å². The Morgan fingerprint density at radius 1 is 1.15 bits per heavy atom. The number of carbonyl (C=O) groups is 2. The maximum absolute atomic E-state index is 12.2. The number of nitrogens with one attached hydrogen (secondary N) is 2. The van der Waals surface area contributed by atoms with Crippen molar-refractivity contribution in [3.8, 4) is 0 Å². The number of para-hydroxylation sites is 1. The molecule has 0 unspecified atom stereocenters. The van der Waals surface area contributed by atoms with Crippen LogP contribution in [0.1, 0.15) is 52.2 Å². The van der Waals surface area contributed by atoms with Crippen LogP contribution in [0.5, 0.6) is 0 Å². The van der Waals surface area contributed by atoms with Gasteiger partial charge in [-0.05, 0) is 44.9 Å². The lowest BCUT2D eigenvalue weighted by molar-refractivity contribution is 0.0946. The average molecular weight is 388 g/mol. The molecule has 0 bridgehead atoms. The monoisotopic (exact) mass is 387 g/mol. The molecule has 1 saturated heterocycles. The van der Waals surface area contributed by atoms with Crippen LogP contribution in [0.15, 0.2) is 30.3 Å². The molecule has 2 N–H and O–H groups in total. The van der Waals surface area contributed by atoms with E-state index in [0.717, 1.165) is 30.8 Å². The van der Waals surface area contributed by atoms with Crippen molar-refractivity contribution in [2.45, 2.75) is 38.6 Å². The smallest absolute Gasteiger partial charge is 0.286 e. The van der Waals surface area contributed by atoms with Crippen LogP contribution in [0.4, 0.5) is 5.69 Å². The highest BCUT2D eigenvalue weighted by molar-refractivity contribution is 7.15. The van der Waals surface area contributed by atoms with Gasteiger partial charge < -0.3 is 15.5 Å². The Bertz CT molecular complexity index is 764. The molecular weight excluding hydrogens is 362 g/mol. The molecule has 0 spiro atoms. The Balaban J connectivity index is 1.43. The minimum absolute atomic E-state index is 0.172. The normalized spacial score (nSPS) is 17.4. The summed E-state index contributed by atoms with van der Waals surface area (Å²) in [6, 6.07) is 9.74. The topological polar surface area (TPSA) is 87.2 Å². The van der Waals surface area contributed by atoms with Gasteiger partial charge in [-0.2, -0.15) is 0 Å². The van der Waals surface area contributed by atoms with Gasteiger partial charge in [0.25, 0.3) is 11.8 Å². The van der Waals surface area contributed by atoms with Gasteiger partial charge in [-0.3, -0.25) is 9.59 Å². The molecule has 7 nitrogen and oxygen atoms in total. The highest BCUT2D eigenvalue weighted by atomic mass is 32.1. The fourth-order valence-electron chi connectivity index (χ4n) is 3.16. The van der Waals surface area contributed by atoms with Crippen LogP contribution >= 0.6 is 11.3 Å². The molecule has 1 aliphatic rings. The minimum atomic E-state index is -0.364. The molecule has 1 fully saturated rings. The number of benzene rings is 1. The van der Waals surface area contributed by atoms with Crippen LogP contribution in [-0.4, -0.2) is 52.6 Å². The zero-order valence-corrected chi connectivity index (χ0v) is 16.3. The number of carbonyl (C=O) groups excluding carboxylic acids is 2. The van der Waals surface area contributed by atoms with Crippen molar-refractivity contribution in [2.24, 2.45) is 0 Å². The van der Waals surface area contributed by atoms with Gasteiger partial charge in [-0.15, -0.1) is 10.2 Å². The number of rotatable bonds is 7. The maximum atomic E-state index is 12.2. The van der Waals surface area contributed by atoms with Crippen LogP contribution in [0.2, 0.25) is 0 Å². The van der Waals surface area contributed by atoms with Gasteiger partial charge in [0, 0.05) is 24.8 Å². The number of likely N-dealkylation sites (tertiary alicyclic amines) is 1. The van der Waals surface area contributed by atoms with E-state index in [2.05, 4.69) is 32.7 Å². The molecule has 27 heavy (non-hydrogen) atoms. The fourth-order valence-corrected chi connectivity index (χ4v) is 3.82. The Morgan fingerprint density at radius 2 is 1.89 bits per heavy atom. The lowest BCUT2D eigenvalue weighted by atomic mass is 10.0. The number of aromatic nitrogens is 2. The molecule has 2 aromatic rings. The van der Waals surface area contributed by atoms with E-state index in [-0.39, 0.29) is 21.8 Å². The van der Waals surface area contributed by atoms with Crippen LogP contribution in [-0.2, 0) is 0 Å². The van der Waals surface area contributed by atoms with Crippen molar-refractivity contribution in [2.75, 3.05) is 25.0 Å². The van der Waals surface area contributed by atoms with Crippen LogP contribution in [0.25, 0.3) is 0 Å². The van der Waals surface area contributed by atoms with E-state index in [1.54, 1.807) is 12.1 Å². The number of nitrogens with zero attached hydrogens (tertiary/aromatic N) is 3. The third kappa shape index (κ3) is 5.58. The SMILES string of the molecule is C[C@H]1CCCCN1CCCNC(=O)c1nnc(C(=O)Nc2ccccc2)s1. The average Bonchev–Trinajstić information content (AvgIpc) is 3.18. The molecule has 2 heterocycles. The summed E-state index contributed by atoms with van der Waals surface area (Å²) >= 11 is 0.998. The van der Waals surface area contributed by atoms with E-state index in [0.29, 0.717) is 18.3 Å². The molecular formula is C19H25N5O2S. The first-order chi connectivity index (χ1) is 13.1. The van der Waals surface area contributed by atoms with Crippen LogP contribution in [0, 0.1) is 0 Å². The fraction of sp³-hybridized carbons (Fsp3) is 0.474. The van der Waals surface area contributed by atoms with Gasteiger partial charge in [0.05, 0.1) is 0 Å². The summed E-state index contributed by atoms with van der Waals surface area (Å²) in [6.45, 7) is 4.99. The van der Waals surface area contributed by atoms with Gasteiger partial charge >= 0.3 is 0 Å². The molecule has 0 saturated carbocycles. The van der Waals surface area contributed by atoms with Crippen LogP contribution < -0.4 is 10.6 Å². The van der Waals surface area contributed by atoms with Gasteiger partial charge in [0.1, 0.15) is 0 Å². The summed E-state index contributed by atoms with van der Waals surface area (Å²) in [6.07, 6.45) is 4.72. The second-order valence-corrected chi connectivity index (χ2v) is 7.70. The summed E-state index contributed by atoms with van der Waals surface area (Å²) in [5, 5.41) is 13.7. The van der Waals surface area contributed by atoms with Crippen molar-refractivity contribution in [1.29, 1.82) is 0 Å². The zero-order chi connectivity index (χ0) is 19.1. The maximum Gasteiger partial charge on any atom is 0.286 e. The molecule has 0 radical (unpaired) electrons. The number of hydrogen-bond donors (Lipinski definition) is 2. The van der Waals surface area contributed by atoms with Gasteiger partial charge in [0.15, 0.2) is 0 Å². The molecule has 3 rings (SSSR count). The molecule has 2 amide bonds. The molecule has 1 aromatic heterocycles. The highest BCUT2D eigenvalue weighted by Crippen LogP contribution is 2.16. The second-order valence-electron chi connectivity index (χ2n) is 6.72. The minimum Gasteiger partial charge on any atom is -0.350 e. The number of piperidine rings is 1. The quantitative estimate of drug-likeness (QED) is 0.714. The summed E-state index contributed by atoms with van der Waals surface area (Å²) in [5.41, 5.74) is 0.677. The van der Waals surface area contributed by atoms with Gasteiger partial charge in [-0.1, -0.05) is 36.0 Å². The highest BCUT2D eigenvalue weighted by Gasteiger charge is 2.19. The van der Waals surface area contributed by atoms with E-state index in [9.17, 15) is 9.59 Å². The Kier molecular flexibility index (Phi) is 6.89. The molecule has 1 aliphatic heterocycles. The number of hydrogen-bond acceptors (Lipinski definition) is 6. The zero-order valence-electron chi connectivity index (χ0n) is 15.5. The number of anilines is 1. The molecule has 1 atom stereocenters. The molecule has 0 aliphatic carbocycles.